The first kappa shape index (κ1) is 25.8. The number of aliphatic hydroxyl groups excluding tert-OH is 1. The van der Waals surface area contributed by atoms with E-state index in [4.69, 9.17) is 23.7 Å². The van der Waals surface area contributed by atoms with Crippen molar-refractivity contribution in [1.82, 2.24) is 0 Å². The Labute approximate surface area is 231 Å². The summed E-state index contributed by atoms with van der Waals surface area (Å²) in [7, 11) is 0. The van der Waals surface area contributed by atoms with Gasteiger partial charge in [-0.15, -0.1) is 0 Å². The molecule has 0 radical (unpaired) electrons. The van der Waals surface area contributed by atoms with Crippen LogP contribution in [0.15, 0.2) is 0 Å². The number of fused-ring (bicyclic) bond motifs is 1. The lowest BCUT2D eigenvalue weighted by Crippen LogP contribution is -2.60. The van der Waals surface area contributed by atoms with E-state index in [-0.39, 0.29) is 50.9 Å². The molecule has 6 saturated heterocycles. The second kappa shape index (κ2) is 6.99. The molecule has 0 amide bonds. The Balaban J connectivity index is 1.32. The van der Waals surface area contributed by atoms with E-state index in [0.29, 0.717) is 6.42 Å². The van der Waals surface area contributed by atoms with Crippen LogP contribution in [0.2, 0.25) is 0 Å². The Kier molecular flexibility index (Phi) is 4.50. The Morgan fingerprint density at radius 2 is 1.75 bits per heavy atom. The van der Waals surface area contributed by atoms with E-state index >= 15 is 0 Å². The average Bonchev–Trinajstić information content (AvgIpc) is 3.56. The summed E-state index contributed by atoms with van der Waals surface area (Å²) >= 11 is 0. The first-order valence-electron chi connectivity index (χ1n) is 14.6. The van der Waals surface area contributed by atoms with Crippen molar-refractivity contribution in [3.05, 3.63) is 0 Å². The molecule has 0 aromatic rings. The summed E-state index contributed by atoms with van der Waals surface area (Å²) in [5.41, 5.74) is -6.85. The lowest BCUT2D eigenvalue weighted by molar-refractivity contribution is -0.316. The highest BCUT2D eigenvalue weighted by Crippen LogP contribution is 2.75. The maximum absolute atomic E-state index is 14.8. The molecule has 6 aliphatic heterocycles. The minimum atomic E-state index is -2.01. The number of hydrogen-bond donors (Lipinski definition) is 2. The third-order valence-corrected chi connectivity index (χ3v) is 12.5. The van der Waals surface area contributed by atoms with E-state index in [1.54, 1.807) is 20.8 Å². The molecule has 0 aromatic heterocycles. The molecule has 0 aromatic carbocycles. The van der Waals surface area contributed by atoms with Gasteiger partial charge in [-0.3, -0.25) is 23.9 Å². The van der Waals surface area contributed by atoms with Crippen LogP contribution in [0.1, 0.15) is 72.6 Å². The van der Waals surface area contributed by atoms with Gasteiger partial charge in [-0.05, 0) is 32.6 Å². The summed E-state index contributed by atoms with van der Waals surface area (Å²) in [6, 6.07) is 0. The number of aliphatic hydroxyl groups is 2. The lowest BCUT2D eigenvalue weighted by Gasteiger charge is -2.43. The minimum Gasteiger partial charge on any atom is -0.456 e. The summed E-state index contributed by atoms with van der Waals surface area (Å²) in [6.07, 6.45) is 0.143. The predicted molar refractivity (Wildman–Crippen MR) is 130 cm³/mol. The lowest BCUT2D eigenvalue weighted by atomic mass is 9.61. The molecule has 0 unspecified atom stereocenters. The Morgan fingerprint density at radius 3 is 2.42 bits per heavy atom. The van der Waals surface area contributed by atoms with Crippen molar-refractivity contribution < 1.29 is 53.1 Å². The molecule has 218 valence electrons. The quantitative estimate of drug-likeness (QED) is 0.441. The molecule has 2 saturated carbocycles. The normalized spacial score (nSPS) is 61.1. The summed E-state index contributed by atoms with van der Waals surface area (Å²) in [6.45, 7) is 6.82. The van der Waals surface area contributed by atoms with Gasteiger partial charge in [0.25, 0.3) is 0 Å². The van der Waals surface area contributed by atoms with Crippen molar-refractivity contribution in [2.45, 2.75) is 113 Å². The molecule has 4 spiro atoms. The van der Waals surface area contributed by atoms with E-state index in [0.717, 1.165) is 0 Å². The third-order valence-electron chi connectivity index (χ3n) is 12.5. The molecule has 2 aliphatic carbocycles. The van der Waals surface area contributed by atoms with Crippen LogP contribution in [0.3, 0.4) is 0 Å². The number of rotatable bonds is 1. The fourth-order valence-corrected chi connectivity index (χ4v) is 10.9. The number of carbonyl (C=O) groups excluding carboxylic acids is 4. The van der Waals surface area contributed by atoms with Crippen LogP contribution in [0.25, 0.3) is 0 Å². The largest absolute Gasteiger partial charge is 0.456 e. The number of ketones is 2. The van der Waals surface area contributed by atoms with E-state index in [1.807, 2.05) is 6.92 Å². The second-order valence-corrected chi connectivity index (χ2v) is 14.4. The highest BCUT2D eigenvalue weighted by atomic mass is 16.8. The standard InChI is InChI=1S/C29H36O11/c1-13-10-28(38-21(13)33)18-14(2)20(32)23(3)7-8-25-11-26-15(24(4,12-30)36-16(26)9-17(31)37-26)5-6-27(25,35)22(34)29(39-25,40-28)19(18)23/h13-16,18-19,30,35H,5-12H2,1-4H3/t13-,14-,15-,16+,18-,19-,23-,24-,25-,26+,27+,28+,29+/m0/s1. The number of esters is 2. The fraction of sp³-hybridized carbons (Fsp3) is 0.862. The monoisotopic (exact) mass is 560 g/mol. The van der Waals surface area contributed by atoms with E-state index < -0.39 is 92.8 Å². The number of hydrogen-bond acceptors (Lipinski definition) is 11. The SMILES string of the molecule is C[C@@H]1C(=O)[C@@]2(C)CC[C@]34C[C@]56OC(=O)C[C@H]5O[C@@](C)(CO)[C@@H]6CC[C@@]3(O)C(=O)[C@@]3(O[C@]5(C[C@H](C)C(=O)O5)[C@@H]1[C@H]32)O4. The van der Waals surface area contributed by atoms with Crippen LogP contribution in [-0.4, -0.2) is 80.4 Å². The van der Waals surface area contributed by atoms with Crippen LogP contribution < -0.4 is 0 Å². The zero-order chi connectivity index (χ0) is 28.5. The zero-order valence-corrected chi connectivity index (χ0v) is 23.2. The van der Waals surface area contributed by atoms with Crippen molar-refractivity contribution in [2.24, 2.45) is 35.0 Å². The third kappa shape index (κ3) is 2.43. The predicted octanol–water partition coefficient (Wildman–Crippen LogP) is 0.948. The van der Waals surface area contributed by atoms with Crippen LogP contribution in [-0.2, 0) is 42.9 Å². The fourth-order valence-electron chi connectivity index (χ4n) is 10.9. The van der Waals surface area contributed by atoms with Crippen molar-refractivity contribution in [3.8, 4) is 0 Å². The molecule has 40 heavy (non-hydrogen) atoms. The molecule has 8 rings (SSSR count). The van der Waals surface area contributed by atoms with Gasteiger partial charge in [-0.25, -0.2) is 0 Å². The van der Waals surface area contributed by atoms with Gasteiger partial charge in [0.1, 0.15) is 23.1 Å². The van der Waals surface area contributed by atoms with Crippen LogP contribution in [0.5, 0.6) is 0 Å². The highest BCUT2D eigenvalue weighted by Gasteiger charge is 2.89. The summed E-state index contributed by atoms with van der Waals surface area (Å²) in [5.74, 6) is -8.00. The number of carbonyl (C=O) groups is 4. The van der Waals surface area contributed by atoms with Gasteiger partial charge >= 0.3 is 11.9 Å². The number of Topliss-reactive ketones (excluding diaryl/α,β-unsaturated/α-hetero) is 2. The maximum atomic E-state index is 14.8. The van der Waals surface area contributed by atoms with Crippen molar-refractivity contribution >= 4 is 23.5 Å². The van der Waals surface area contributed by atoms with Gasteiger partial charge in [0, 0.05) is 41.9 Å². The molecular weight excluding hydrogens is 524 g/mol. The van der Waals surface area contributed by atoms with Gasteiger partial charge < -0.3 is 29.2 Å². The molecule has 8 aliphatic rings. The molecule has 8 fully saturated rings. The second-order valence-electron chi connectivity index (χ2n) is 14.4. The van der Waals surface area contributed by atoms with Gasteiger partial charge in [-0.1, -0.05) is 20.8 Å². The number of ether oxygens (including phenoxy) is 5. The van der Waals surface area contributed by atoms with Gasteiger partial charge in [0.2, 0.25) is 17.4 Å². The van der Waals surface area contributed by atoms with Crippen LogP contribution in [0, 0.1) is 35.0 Å². The van der Waals surface area contributed by atoms with Crippen LogP contribution in [0.4, 0.5) is 0 Å². The molecule has 11 heteroatoms. The Bertz CT molecular complexity index is 1300. The first-order valence-corrected chi connectivity index (χ1v) is 14.6. The van der Waals surface area contributed by atoms with E-state index in [9.17, 15) is 29.4 Å². The maximum Gasteiger partial charge on any atom is 0.311 e. The summed E-state index contributed by atoms with van der Waals surface area (Å²) in [4.78, 5) is 54.2. The van der Waals surface area contributed by atoms with Crippen molar-refractivity contribution in [1.29, 1.82) is 0 Å². The molecular formula is C29H36O11. The Hall–Kier alpha value is -1.92. The van der Waals surface area contributed by atoms with Crippen molar-refractivity contribution in [3.63, 3.8) is 0 Å². The van der Waals surface area contributed by atoms with Crippen LogP contribution >= 0.6 is 0 Å². The van der Waals surface area contributed by atoms with E-state index in [2.05, 4.69) is 0 Å². The molecule has 6 heterocycles. The smallest absolute Gasteiger partial charge is 0.311 e. The zero-order valence-electron chi connectivity index (χ0n) is 23.2. The molecule has 11 nitrogen and oxygen atoms in total. The van der Waals surface area contributed by atoms with Gasteiger partial charge in [-0.2, -0.15) is 0 Å². The highest BCUT2D eigenvalue weighted by molar-refractivity contribution is 6.01. The van der Waals surface area contributed by atoms with Gasteiger partial charge in [0.05, 0.1) is 24.5 Å². The summed E-state index contributed by atoms with van der Waals surface area (Å²) in [5, 5.41) is 22.9. The van der Waals surface area contributed by atoms with Gasteiger partial charge in [0.15, 0.2) is 5.60 Å². The minimum absolute atomic E-state index is 0.00838. The Morgan fingerprint density at radius 1 is 1.00 bits per heavy atom. The molecule has 13 atom stereocenters. The topological polar surface area (TPSA) is 155 Å². The molecule has 2 bridgehead atoms. The summed E-state index contributed by atoms with van der Waals surface area (Å²) < 4.78 is 31.8. The van der Waals surface area contributed by atoms with Crippen molar-refractivity contribution in [2.75, 3.05) is 6.61 Å². The van der Waals surface area contributed by atoms with E-state index in [1.165, 1.54) is 0 Å². The first-order chi connectivity index (χ1) is 18.7. The molecule has 2 N–H and O–H groups in total. The average molecular weight is 561 g/mol.